The molecule has 0 bridgehead atoms. The molecule has 1 atom stereocenters. The van der Waals surface area contributed by atoms with Gasteiger partial charge in [0, 0.05) is 34.1 Å². The zero-order chi connectivity index (χ0) is 16.7. The number of nitrogens with one attached hydrogen (secondary N) is 1. The number of ether oxygens (including phenoxy) is 1. The van der Waals surface area contributed by atoms with Gasteiger partial charge in [0.15, 0.2) is 0 Å². The van der Waals surface area contributed by atoms with E-state index in [4.69, 9.17) is 9.72 Å². The molecule has 1 unspecified atom stereocenters. The van der Waals surface area contributed by atoms with Crippen molar-refractivity contribution in [3.05, 3.63) is 54.2 Å². The van der Waals surface area contributed by atoms with E-state index in [1.807, 2.05) is 19.2 Å². The molecule has 120 valence electrons. The minimum atomic E-state index is 0.635. The molecule has 0 amide bonds. The van der Waals surface area contributed by atoms with Gasteiger partial charge in [-0.25, -0.2) is 4.98 Å². The Morgan fingerprint density at radius 3 is 2.79 bits per heavy atom. The molecule has 3 nitrogen and oxygen atoms in total. The smallest absolute Gasteiger partial charge is 0.130 e. The summed E-state index contributed by atoms with van der Waals surface area (Å²) in [7, 11) is 2.75. The monoisotopic (exact) mass is 334 g/mol. The van der Waals surface area contributed by atoms with Gasteiger partial charge < -0.3 is 9.72 Å². The maximum Gasteiger partial charge on any atom is 0.130 e. The standard InChI is InChI=1S/C20H19N2OP/c1-3-23-20-10-19(22-18-6-4-12(2)8-15(18)20)16-11-21-17-7-5-13(24)9-14(16)17/h4-11,21H,3,24H2,1-2H3. The number of aromatic amines is 1. The number of benzene rings is 2. The van der Waals surface area contributed by atoms with Crippen LogP contribution in [0.2, 0.25) is 0 Å². The lowest BCUT2D eigenvalue weighted by atomic mass is 10.1. The van der Waals surface area contributed by atoms with Crippen LogP contribution in [0.25, 0.3) is 33.1 Å². The highest BCUT2D eigenvalue weighted by Gasteiger charge is 2.12. The Morgan fingerprint density at radius 1 is 1.08 bits per heavy atom. The van der Waals surface area contributed by atoms with E-state index in [2.05, 4.69) is 57.5 Å². The van der Waals surface area contributed by atoms with Crippen LogP contribution in [0.1, 0.15) is 12.5 Å². The Balaban J connectivity index is 1.98. The van der Waals surface area contributed by atoms with Crippen molar-refractivity contribution in [2.24, 2.45) is 0 Å². The fourth-order valence-electron chi connectivity index (χ4n) is 3.07. The SMILES string of the molecule is CCOc1cc(-c2c[nH]c3ccc(P)cc23)nc2ccc(C)cc12. The topological polar surface area (TPSA) is 37.9 Å². The van der Waals surface area contributed by atoms with Crippen molar-refractivity contribution in [3.8, 4) is 17.0 Å². The maximum absolute atomic E-state index is 5.89. The molecule has 4 aromatic rings. The first kappa shape index (κ1) is 15.2. The summed E-state index contributed by atoms with van der Waals surface area (Å²) in [6, 6.07) is 14.7. The first-order valence-electron chi connectivity index (χ1n) is 8.07. The molecule has 2 heterocycles. The molecule has 2 aromatic heterocycles. The number of H-pyrrole nitrogens is 1. The molecule has 0 saturated carbocycles. The number of hydrogen-bond acceptors (Lipinski definition) is 2. The van der Waals surface area contributed by atoms with Gasteiger partial charge in [0.25, 0.3) is 0 Å². The summed E-state index contributed by atoms with van der Waals surface area (Å²) in [4.78, 5) is 8.21. The van der Waals surface area contributed by atoms with Crippen LogP contribution in [0.4, 0.5) is 0 Å². The lowest BCUT2D eigenvalue weighted by molar-refractivity contribution is 0.344. The number of rotatable bonds is 3. The van der Waals surface area contributed by atoms with E-state index in [0.29, 0.717) is 6.61 Å². The molecule has 0 spiro atoms. The van der Waals surface area contributed by atoms with Gasteiger partial charge in [-0.15, -0.1) is 9.24 Å². The van der Waals surface area contributed by atoms with Gasteiger partial charge in [0.1, 0.15) is 5.75 Å². The summed E-state index contributed by atoms with van der Waals surface area (Å²) in [5, 5.41) is 3.39. The highest BCUT2D eigenvalue weighted by molar-refractivity contribution is 7.27. The molecule has 0 aliphatic heterocycles. The quantitative estimate of drug-likeness (QED) is 0.557. The third-order valence-corrected chi connectivity index (χ3v) is 4.57. The van der Waals surface area contributed by atoms with Gasteiger partial charge in [-0.3, -0.25) is 0 Å². The summed E-state index contributed by atoms with van der Waals surface area (Å²) < 4.78 is 5.89. The van der Waals surface area contributed by atoms with Crippen LogP contribution in [0.15, 0.2) is 48.7 Å². The highest BCUT2D eigenvalue weighted by Crippen LogP contribution is 2.33. The number of pyridine rings is 1. The van der Waals surface area contributed by atoms with Gasteiger partial charge in [-0.1, -0.05) is 17.7 Å². The third kappa shape index (κ3) is 2.55. The molecular formula is C20H19N2OP. The van der Waals surface area contributed by atoms with E-state index in [-0.39, 0.29) is 0 Å². The second kappa shape index (κ2) is 5.92. The van der Waals surface area contributed by atoms with E-state index < -0.39 is 0 Å². The van der Waals surface area contributed by atoms with Gasteiger partial charge >= 0.3 is 0 Å². The van der Waals surface area contributed by atoms with Crippen molar-refractivity contribution >= 4 is 36.4 Å². The van der Waals surface area contributed by atoms with Gasteiger partial charge in [0.2, 0.25) is 0 Å². The highest BCUT2D eigenvalue weighted by atomic mass is 31.0. The normalized spacial score (nSPS) is 11.3. The van der Waals surface area contributed by atoms with Crippen molar-refractivity contribution < 1.29 is 4.74 Å². The molecule has 1 N–H and O–H groups in total. The molecule has 0 fully saturated rings. The fourth-order valence-corrected chi connectivity index (χ4v) is 3.33. The van der Waals surface area contributed by atoms with Crippen LogP contribution in [0, 0.1) is 6.92 Å². The Labute approximate surface area is 143 Å². The number of fused-ring (bicyclic) bond motifs is 2. The zero-order valence-corrected chi connectivity index (χ0v) is 14.9. The zero-order valence-electron chi connectivity index (χ0n) is 13.8. The van der Waals surface area contributed by atoms with Crippen molar-refractivity contribution in [3.63, 3.8) is 0 Å². The average Bonchev–Trinajstić information content (AvgIpc) is 2.98. The van der Waals surface area contributed by atoms with Crippen molar-refractivity contribution in [1.82, 2.24) is 9.97 Å². The summed E-state index contributed by atoms with van der Waals surface area (Å²) in [6.45, 7) is 4.73. The fraction of sp³-hybridized carbons (Fsp3) is 0.150. The molecule has 2 aromatic carbocycles. The van der Waals surface area contributed by atoms with Crippen LogP contribution in [-0.4, -0.2) is 16.6 Å². The van der Waals surface area contributed by atoms with E-state index in [0.717, 1.165) is 38.7 Å². The largest absolute Gasteiger partial charge is 0.493 e. The predicted octanol–water partition coefficient (Wildman–Crippen LogP) is 4.59. The number of hydrogen-bond donors (Lipinski definition) is 1. The lowest BCUT2D eigenvalue weighted by Gasteiger charge is -2.10. The number of nitrogens with zero attached hydrogens (tertiary/aromatic N) is 1. The first-order valence-corrected chi connectivity index (χ1v) is 8.64. The molecule has 0 radical (unpaired) electrons. The second-order valence-electron chi connectivity index (χ2n) is 5.97. The molecule has 4 heteroatoms. The van der Waals surface area contributed by atoms with Gasteiger partial charge in [-0.2, -0.15) is 0 Å². The minimum absolute atomic E-state index is 0.635. The number of aryl methyl sites for hydroxylation is 1. The Morgan fingerprint density at radius 2 is 1.96 bits per heavy atom. The van der Waals surface area contributed by atoms with Crippen molar-refractivity contribution in [2.45, 2.75) is 13.8 Å². The molecule has 0 aliphatic rings. The maximum atomic E-state index is 5.89. The number of aromatic nitrogens is 2. The second-order valence-corrected chi connectivity index (χ2v) is 6.63. The first-order chi connectivity index (χ1) is 11.7. The molecular weight excluding hydrogens is 315 g/mol. The van der Waals surface area contributed by atoms with Crippen molar-refractivity contribution in [1.29, 1.82) is 0 Å². The minimum Gasteiger partial charge on any atom is -0.493 e. The van der Waals surface area contributed by atoms with E-state index in [9.17, 15) is 0 Å². The molecule has 4 rings (SSSR count). The van der Waals surface area contributed by atoms with Crippen LogP contribution < -0.4 is 10.0 Å². The summed E-state index contributed by atoms with van der Waals surface area (Å²) in [5.74, 6) is 0.887. The Hall–Kier alpha value is -2.38. The van der Waals surface area contributed by atoms with E-state index in [1.54, 1.807) is 0 Å². The van der Waals surface area contributed by atoms with Gasteiger partial charge in [-0.05, 0) is 43.4 Å². The molecule has 24 heavy (non-hydrogen) atoms. The molecule has 0 saturated heterocycles. The summed E-state index contributed by atoms with van der Waals surface area (Å²) in [6.07, 6.45) is 2.02. The van der Waals surface area contributed by atoms with Crippen LogP contribution in [-0.2, 0) is 0 Å². The van der Waals surface area contributed by atoms with E-state index >= 15 is 0 Å². The van der Waals surface area contributed by atoms with Crippen LogP contribution >= 0.6 is 9.24 Å². The van der Waals surface area contributed by atoms with Crippen LogP contribution in [0.5, 0.6) is 5.75 Å². The van der Waals surface area contributed by atoms with Gasteiger partial charge in [0.05, 0.1) is 17.8 Å². The van der Waals surface area contributed by atoms with E-state index in [1.165, 1.54) is 10.9 Å². The predicted molar refractivity (Wildman–Crippen MR) is 104 cm³/mol. The summed E-state index contributed by atoms with van der Waals surface area (Å²) in [5.41, 5.74) is 5.30. The lowest BCUT2D eigenvalue weighted by Crippen LogP contribution is -1.96. The molecule has 0 aliphatic carbocycles. The Kier molecular flexibility index (Phi) is 3.74. The van der Waals surface area contributed by atoms with Crippen LogP contribution in [0.3, 0.4) is 0 Å². The third-order valence-electron chi connectivity index (χ3n) is 4.21. The summed E-state index contributed by atoms with van der Waals surface area (Å²) >= 11 is 0. The average molecular weight is 334 g/mol. The Bertz CT molecular complexity index is 1050. The van der Waals surface area contributed by atoms with Crippen molar-refractivity contribution in [2.75, 3.05) is 6.61 Å².